The molecule has 0 fully saturated rings. The van der Waals surface area contributed by atoms with Crippen LogP contribution in [-0.2, 0) is 14.8 Å². The molecule has 0 aliphatic carbocycles. The Hall–Kier alpha value is -4.45. The van der Waals surface area contributed by atoms with Crippen LogP contribution in [-0.4, -0.2) is 37.4 Å². The van der Waals surface area contributed by atoms with Crippen molar-refractivity contribution in [1.29, 1.82) is 0 Å². The summed E-state index contributed by atoms with van der Waals surface area (Å²) in [5.41, 5.74) is 1.63. The number of carbonyl (C=O) groups is 1. The summed E-state index contributed by atoms with van der Waals surface area (Å²) in [6.07, 6.45) is 0. The maximum absolute atomic E-state index is 12.8. The maximum atomic E-state index is 12.8. The zero-order valence-electron chi connectivity index (χ0n) is 20.1. The van der Waals surface area contributed by atoms with Gasteiger partial charge in [0.25, 0.3) is 0 Å². The minimum atomic E-state index is -3.88. The standard InChI is InChI=1S/C27H20ClN3O7S/c28-19-3-1-2-18(14-19)24-16-23(30-31(24)20-6-9-22(10-7-20)39(29,34)35)27(33)37-13-12-36-21-8-4-17-5-11-26(32)38-25(17)15-21/h1-11,14-16H,12-13H2,(H2,29,34,35). The van der Waals surface area contributed by atoms with Gasteiger partial charge in [-0.25, -0.2) is 27.8 Å². The summed E-state index contributed by atoms with van der Waals surface area (Å²) in [5, 5.41) is 10.8. The fourth-order valence-electron chi connectivity index (χ4n) is 3.81. The van der Waals surface area contributed by atoms with Crippen LogP contribution >= 0.6 is 11.6 Å². The van der Waals surface area contributed by atoms with E-state index in [4.69, 9.17) is 30.6 Å². The lowest BCUT2D eigenvalue weighted by Gasteiger charge is -2.09. The van der Waals surface area contributed by atoms with Crippen molar-refractivity contribution >= 4 is 38.6 Å². The lowest BCUT2D eigenvalue weighted by atomic mass is 10.1. The van der Waals surface area contributed by atoms with E-state index in [-0.39, 0.29) is 23.8 Å². The molecule has 0 saturated carbocycles. The second-order valence-electron chi connectivity index (χ2n) is 8.31. The van der Waals surface area contributed by atoms with E-state index in [1.165, 1.54) is 35.0 Å². The predicted octanol–water partition coefficient (Wildman–Crippen LogP) is 4.18. The van der Waals surface area contributed by atoms with Gasteiger partial charge in [-0.3, -0.25) is 0 Å². The number of hydrogen-bond acceptors (Lipinski definition) is 8. The molecule has 0 radical (unpaired) electrons. The highest BCUT2D eigenvalue weighted by atomic mass is 35.5. The van der Waals surface area contributed by atoms with E-state index in [0.717, 1.165) is 5.39 Å². The van der Waals surface area contributed by atoms with Crippen molar-refractivity contribution in [3.63, 3.8) is 0 Å². The number of halogens is 1. The number of benzene rings is 3. The average molecular weight is 566 g/mol. The lowest BCUT2D eigenvalue weighted by molar-refractivity contribution is 0.0443. The summed E-state index contributed by atoms with van der Waals surface area (Å²) in [4.78, 5) is 24.2. The molecule has 2 aromatic heterocycles. The second-order valence-corrected chi connectivity index (χ2v) is 10.3. The van der Waals surface area contributed by atoms with Crippen molar-refractivity contribution in [2.75, 3.05) is 13.2 Å². The van der Waals surface area contributed by atoms with Crippen LogP contribution in [0.2, 0.25) is 5.02 Å². The normalized spacial score (nSPS) is 11.4. The first-order valence-corrected chi connectivity index (χ1v) is 13.4. The number of primary sulfonamides is 1. The number of nitrogens with two attached hydrogens (primary N) is 1. The Morgan fingerprint density at radius 3 is 2.49 bits per heavy atom. The molecule has 10 nitrogen and oxygen atoms in total. The van der Waals surface area contributed by atoms with E-state index in [0.29, 0.717) is 33.3 Å². The van der Waals surface area contributed by atoms with Crippen molar-refractivity contribution in [1.82, 2.24) is 9.78 Å². The van der Waals surface area contributed by atoms with E-state index < -0.39 is 21.6 Å². The number of rotatable bonds is 8. The Labute approximate surface area is 227 Å². The summed E-state index contributed by atoms with van der Waals surface area (Å²) in [6, 6.07) is 22.3. The second kappa shape index (κ2) is 10.7. The smallest absolute Gasteiger partial charge is 0.358 e. The van der Waals surface area contributed by atoms with E-state index in [1.54, 1.807) is 54.6 Å². The highest BCUT2D eigenvalue weighted by molar-refractivity contribution is 7.89. The van der Waals surface area contributed by atoms with E-state index in [1.807, 2.05) is 0 Å². The number of esters is 1. The number of hydrogen-bond donors (Lipinski definition) is 1. The van der Waals surface area contributed by atoms with Crippen molar-refractivity contribution in [2.24, 2.45) is 5.14 Å². The van der Waals surface area contributed by atoms with Crippen LogP contribution in [0, 0.1) is 0 Å². The van der Waals surface area contributed by atoms with Gasteiger partial charge in [-0.2, -0.15) is 5.10 Å². The number of aromatic nitrogens is 2. The van der Waals surface area contributed by atoms with Gasteiger partial charge in [0.1, 0.15) is 24.5 Å². The third-order valence-corrected chi connectivity index (χ3v) is 6.79. The molecule has 0 amide bonds. The van der Waals surface area contributed by atoms with E-state index >= 15 is 0 Å². The fourth-order valence-corrected chi connectivity index (χ4v) is 4.51. The minimum Gasteiger partial charge on any atom is -0.490 e. The molecular weight excluding hydrogens is 546 g/mol. The van der Waals surface area contributed by atoms with Gasteiger partial charge in [0.2, 0.25) is 10.0 Å². The Balaban J connectivity index is 1.33. The molecule has 198 valence electrons. The molecule has 0 aliphatic heterocycles. The van der Waals surface area contributed by atoms with Crippen LogP contribution in [0.4, 0.5) is 0 Å². The SMILES string of the molecule is NS(=O)(=O)c1ccc(-n2nc(C(=O)OCCOc3ccc4ccc(=O)oc4c3)cc2-c2cccc(Cl)c2)cc1. The average Bonchev–Trinajstić information content (AvgIpc) is 3.36. The molecule has 0 saturated heterocycles. The predicted molar refractivity (Wildman–Crippen MR) is 144 cm³/mol. The quantitative estimate of drug-likeness (QED) is 0.168. The number of nitrogens with zero attached hydrogens (tertiary/aromatic N) is 2. The molecule has 0 spiro atoms. The number of ether oxygens (including phenoxy) is 2. The summed E-state index contributed by atoms with van der Waals surface area (Å²) < 4.78 is 40.9. The summed E-state index contributed by atoms with van der Waals surface area (Å²) in [6.45, 7) is -0.0246. The molecule has 3 aromatic carbocycles. The van der Waals surface area contributed by atoms with Crippen LogP contribution in [0.1, 0.15) is 10.5 Å². The zero-order chi connectivity index (χ0) is 27.6. The maximum Gasteiger partial charge on any atom is 0.358 e. The van der Waals surface area contributed by atoms with E-state index in [2.05, 4.69) is 5.10 Å². The number of fused-ring (bicyclic) bond motifs is 1. The Kier molecular flexibility index (Phi) is 7.20. The number of sulfonamides is 1. The molecule has 0 aliphatic rings. The van der Waals surface area contributed by atoms with Crippen LogP contribution in [0.15, 0.2) is 99.0 Å². The third kappa shape index (κ3) is 6.01. The molecule has 5 aromatic rings. The molecule has 2 heterocycles. The summed E-state index contributed by atoms with van der Waals surface area (Å²) in [5.74, 6) is -0.241. The van der Waals surface area contributed by atoms with Crippen LogP contribution < -0.4 is 15.5 Å². The van der Waals surface area contributed by atoms with Crippen molar-refractivity contribution in [3.05, 3.63) is 106 Å². The molecule has 0 atom stereocenters. The van der Waals surface area contributed by atoms with Crippen LogP contribution in [0.5, 0.6) is 5.75 Å². The first-order valence-electron chi connectivity index (χ1n) is 11.5. The highest BCUT2D eigenvalue weighted by Crippen LogP contribution is 2.27. The first-order chi connectivity index (χ1) is 18.7. The Morgan fingerprint density at radius 1 is 0.974 bits per heavy atom. The zero-order valence-corrected chi connectivity index (χ0v) is 21.7. The monoisotopic (exact) mass is 565 g/mol. The van der Waals surface area contributed by atoms with Crippen LogP contribution in [0.3, 0.4) is 0 Å². The number of carbonyl (C=O) groups excluding carboxylic acids is 1. The molecule has 0 bridgehead atoms. The Morgan fingerprint density at radius 2 is 1.74 bits per heavy atom. The Bertz CT molecular complexity index is 1850. The van der Waals surface area contributed by atoms with Gasteiger partial charge in [-0.15, -0.1) is 0 Å². The molecule has 5 rings (SSSR count). The highest BCUT2D eigenvalue weighted by Gasteiger charge is 2.19. The fraction of sp³-hybridized carbons (Fsp3) is 0.0741. The van der Waals surface area contributed by atoms with Gasteiger partial charge < -0.3 is 13.9 Å². The molecule has 0 unspecified atom stereocenters. The van der Waals surface area contributed by atoms with Crippen molar-refractivity contribution in [3.8, 4) is 22.7 Å². The van der Waals surface area contributed by atoms with Gasteiger partial charge in [0, 0.05) is 28.1 Å². The molecule has 39 heavy (non-hydrogen) atoms. The third-order valence-electron chi connectivity index (χ3n) is 5.63. The molecular formula is C27H20ClN3O7S. The topological polar surface area (TPSA) is 144 Å². The largest absolute Gasteiger partial charge is 0.490 e. The lowest BCUT2D eigenvalue weighted by Crippen LogP contribution is -2.13. The first kappa shape index (κ1) is 26.2. The van der Waals surface area contributed by atoms with Gasteiger partial charge in [0.15, 0.2) is 5.69 Å². The van der Waals surface area contributed by atoms with E-state index in [9.17, 15) is 18.0 Å². The summed E-state index contributed by atoms with van der Waals surface area (Å²) in [7, 11) is -3.88. The molecule has 12 heteroatoms. The van der Waals surface area contributed by atoms with Crippen LogP contribution in [0.25, 0.3) is 27.9 Å². The van der Waals surface area contributed by atoms with Gasteiger partial charge >= 0.3 is 11.6 Å². The minimum absolute atomic E-state index is 0.0213. The van der Waals surface area contributed by atoms with Gasteiger partial charge in [-0.1, -0.05) is 23.7 Å². The summed E-state index contributed by atoms with van der Waals surface area (Å²) >= 11 is 6.17. The van der Waals surface area contributed by atoms with Gasteiger partial charge in [-0.05, 0) is 60.7 Å². The van der Waals surface area contributed by atoms with Crippen molar-refractivity contribution in [2.45, 2.75) is 4.90 Å². The molecule has 2 N–H and O–H groups in total. The van der Waals surface area contributed by atoms with Crippen molar-refractivity contribution < 1.29 is 27.1 Å². The van der Waals surface area contributed by atoms with Gasteiger partial charge in [0.05, 0.1) is 16.3 Å².